The molecule has 0 aromatic heterocycles. The lowest BCUT2D eigenvalue weighted by Gasteiger charge is -2.04. The van der Waals surface area contributed by atoms with Crippen LogP contribution in [0.25, 0.3) is 0 Å². The number of carbonyl (C=O) groups is 2. The highest BCUT2D eigenvalue weighted by molar-refractivity contribution is 5.85. The molecule has 4 nitrogen and oxygen atoms in total. The Bertz CT molecular complexity index is 472. The van der Waals surface area contributed by atoms with Crippen LogP contribution in [0.15, 0.2) is 48.6 Å². The summed E-state index contributed by atoms with van der Waals surface area (Å²) in [5.74, 6) is -0.247. The molecule has 1 aromatic carbocycles. The summed E-state index contributed by atoms with van der Waals surface area (Å²) in [5, 5.41) is 0. The van der Waals surface area contributed by atoms with Gasteiger partial charge in [0.1, 0.15) is 11.5 Å². The molecule has 0 saturated carbocycles. The minimum absolute atomic E-state index is 0.334. The Morgan fingerprint density at radius 1 is 0.950 bits per heavy atom. The van der Waals surface area contributed by atoms with Crippen molar-refractivity contribution in [1.82, 2.24) is 0 Å². The molecule has 106 valence electrons. The average molecular weight is 274 g/mol. The van der Waals surface area contributed by atoms with Crippen LogP contribution in [-0.4, -0.2) is 11.9 Å². The van der Waals surface area contributed by atoms with Crippen LogP contribution < -0.4 is 9.47 Å². The van der Waals surface area contributed by atoms with Gasteiger partial charge in [0, 0.05) is 18.2 Å². The molecule has 0 unspecified atom stereocenters. The van der Waals surface area contributed by atoms with E-state index in [0.29, 0.717) is 11.5 Å². The summed E-state index contributed by atoms with van der Waals surface area (Å²) in [6.45, 7) is 3.85. The summed E-state index contributed by atoms with van der Waals surface area (Å²) in [6.07, 6.45) is 7.67. The molecule has 0 atom stereocenters. The molecule has 1 aromatic rings. The average Bonchev–Trinajstić information content (AvgIpc) is 2.43. The van der Waals surface area contributed by atoms with Gasteiger partial charge >= 0.3 is 11.9 Å². The van der Waals surface area contributed by atoms with Crippen LogP contribution in [0.3, 0.4) is 0 Å². The smallest absolute Gasteiger partial charge is 0.335 e. The summed E-state index contributed by atoms with van der Waals surface area (Å²) >= 11 is 0. The van der Waals surface area contributed by atoms with Crippen LogP contribution >= 0.6 is 0 Å². The van der Waals surface area contributed by atoms with Gasteiger partial charge in [-0.3, -0.25) is 0 Å². The molecule has 20 heavy (non-hydrogen) atoms. The van der Waals surface area contributed by atoms with Crippen LogP contribution in [0.4, 0.5) is 0 Å². The molecule has 0 fully saturated rings. The number of benzene rings is 1. The number of rotatable bonds is 6. The molecular weight excluding hydrogens is 256 g/mol. The molecule has 0 heterocycles. The third-order valence-corrected chi connectivity index (χ3v) is 2.22. The first-order valence-corrected chi connectivity index (χ1v) is 6.52. The SMILES string of the molecule is CCC=CC(=O)Oc1cccc(OC(=O)C=CCC)c1. The highest BCUT2D eigenvalue weighted by Gasteiger charge is 2.04. The lowest BCUT2D eigenvalue weighted by atomic mass is 10.3. The maximum atomic E-state index is 11.4. The highest BCUT2D eigenvalue weighted by Crippen LogP contribution is 2.19. The molecule has 0 aliphatic rings. The van der Waals surface area contributed by atoms with E-state index in [9.17, 15) is 9.59 Å². The van der Waals surface area contributed by atoms with Gasteiger partial charge in [0.05, 0.1) is 0 Å². The van der Waals surface area contributed by atoms with Gasteiger partial charge in [-0.15, -0.1) is 0 Å². The van der Waals surface area contributed by atoms with E-state index < -0.39 is 11.9 Å². The quantitative estimate of drug-likeness (QED) is 0.453. The Balaban J connectivity index is 2.66. The van der Waals surface area contributed by atoms with Crippen LogP contribution in [0.2, 0.25) is 0 Å². The lowest BCUT2D eigenvalue weighted by molar-refractivity contribution is -0.129. The van der Waals surface area contributed by atoms with E-state index in [1.54, 1.807) is 30.4 Å². The largest absolute Gasteiger partial charge is 0.423 e. The van der Waals surface area contributed by atoms with Crippen molar-refractivity contribution < 1.29 is 19.1 Å². The van der Waals surface area contributed by atoms with Crippen molar-refractivity contribution in [3.8, 4) is 11.5 Å². The normalized spacial score (nSPS) is 10.9. The zero-order valence-electron chi connectivity index (χ0n) is 11.7. The number of ether oxygens (including phenoxy) is 2. The molecular formula is C16H18O4. The van der Waals surface area contributed by atoms with E-state index in [1.807, 2.05) is 13.8 Å². The number of hydrogen-bond acceptors (Lipinski definition) is 4. The predicted octanol–water partition coefficient (Wildman–Crippen LogP) is 3.43. The lowest BCUT2D eigenvalue weighted by Crippen LogP contribution is -2.06. The maximum absolute atomic E-state index is 11.4. The van der Waals surface area contributed by atoms with Crippen LogP contribution in [0.1, 0.15) is 26.7 Å². The van der Waals surface area contributed by atoms with Crippen molar-refractivity contribution in [3.63, 3.8) is 0 Å². The third-order valence-electron chi connectivity index (χ3n) is 2.22. The van der Waals surface area contributed by atoms with Crippen molar-refractivity contribution in [2.75, 3.05) is 0 Å². The van der Waals surface area contributed by atoms with Gasteiger partial charge in [0.15, 0.2) is 0 Å². The van der Waals surface area contributed by atoms with E-state index in [-0.39, 0.29) is 0 Å². The molecule has 0 spiro atoms. The minimum Gasteiger partial charge on any atom is -0.423 e. The molecule has 1 rings (SSSR count). The first kappa shape index (κ1) is 15.7. The van der Waals surface area contributed by atoms with E-state index >= 15 is 0 Å². The Hall–Kier alpha value is -2.36. The van der Waals surface area contributed by atoms with Gasteiger partial charge in [-0.2, -0.15) is 0 Å². The second-order valence-electron chi connectivity index (χ2n) is 3.94. The van der Waals surface area contributed by atoms with Crippen molar-refractivity contribution in [2.45, 2.75) is 26.7 Å². The first-order valence-electron chi connectivity index (χ1n) is 6.52. The summed E-state index contributed by atoms with van der Waals surface area (Å²) in [5.41, 5.74) is 0. The van der Waals surface area contributed by atoms with E-state index in [4.69, 9.17) is 9.47 Å². The van der Waals surface area contributed by atoms with Gasteiger partial charge in [-0.1, -0.05) is 32.1 Å². The second-order valence-corrected chi connectivity index (χ2v) is 3.94. The Labute approximate surface area is 118 Å². The van der Waals surface area contributed by atoms with Crippen LogP contribution in [-0.2, 0) is 9.59 Å². The van der Waals surface area contributed by atoms with E-state index in [2.05, 4.69) is 0 Å². The molecule has 0 bridgehead atoms. The van der Waals surface area contributed by atoms with Crippen LogP contribution in [0, 0.1) is 0 Å². The van der Waals surface area contributed by atoms with Gasteiger partial charge < -0.3 is 9.47 Å². The Morgan fingerprint density at radius 2 is 1.40 bits per heavy atom. The third kappa shape index (κ3) is 6.00. The standard InChI is InChI=1S/C16H18O4/c1-3-5-10-15(17)19-13-8-7-9-14(12-13)20-16(18)11-6-4-2/h5-12H,3-4H2,1-2H3. The minimum atomic E-state index is -0.457. The number of hydrogen-bond donors (Lipinski definition) is 0. The summed E-state index contributed by atoms with van der Waals surface area (Å²) in [4.78, 5) is 22.8. The van der Waals surface area contributed by atoms with Gasteiger partial charge in [0.25, 0.3) is 0 Å². The molecule has 0 aliphatic carbocycles. The van der Waals surface area contributed by atoms with Gasteiger partial charge in [-0.05, 0) is 25.0 Å². The van der Waals surface area contributed by atoms with E-state index in [1.165, 1.54) is 18.2 Å². The molecule has 0 saturated heterocycles. The topological polar surface area (TPSA) is 52.6 Å². The summed E-state index contributed by atoms with van der Waals surface area (Å²) < 4.78 is 10.2. The van der Waals surface area contributed by atoms with E-state index in [0.717, 1.165) is 12.8 Å². The Kier molecular flexibility index (Phi) is 6.82. The van der Waals surface area contributed by atoms with Crippen molar-refractivity contribution in [3.05, 3.63) is 48.6 Å². The number of esters is 2. The number of carbonyl (C=O) groups excluding carboxylic acids is 2. The van der Waals surface area contributed by atoms with Gasteiger partial charge in [-0.25, -0.2) is 9.59 Å². The summed E-state index contributed by atoms with van der Waals surface area (Å²) in [7, 11) is 0. The Morgan fingerprint density at radius 3 is 1.80 bits per heavy atom. The number of allylic oxidation sites excluding steroid dienone is 2. The van der Waals surface area contributed by atoms with Crippen molar-refractivity contribution in [1.29, 1.82) is 0 Å². The van der Waals surface area contributed by atoms with Crippen molar-refractivity contribution in [2.24, 2.45) is 0 Å². The summed E-state index contributed by atoms with van der Waals surface area (Å²) in [6, 6.07) is 6.39. The second kappa shape index (κ2) is 8.69. The zero-order chi connectivity index (χ0) is 14.8. The van der Waals surface area contributed by atoms with Crippen molar-refractivity contribution >= 4 is 11.9 Å². The fraction of sp³-hybridized carbons (Fsp3) is 0.250. The first-order chi connectivity index (χ1) is 9.65. The van der Waals surface area contributed by atoms with Gasteiger partial charge in [0.2, 0.25) is 0 Å². The zero-order valence-corrected chi connectivity index (χ0v) is 11.7. The predicted molar refractivity (Wildman–Crippen MR) is 76.6 cm³/mol. The maximum Gasteiger partial charge on any atom is 0.335 e. The fourth-order valence-corrected chi connectivity index (χ4v) is 1.33. The molecule has 0 aliphatic heterocycles. The molecule has 0 radical (unpaired) electrons. The van der Waals surface area contributed by atoms with Crippen LogP contribution in [0.5, 0.6) is 11.5 Å². The molecule has 0 amide bonds. The highest BCUT2D eigenvalue weighted by atomic mass is 16.5. The monoisotopic (exact) mass is 274 g/mol. The molecule has 0 N–H and O–H groups in total. The molecule has 4 heteroatoms. The fourth-order valence-electron chi connectivity index (χ4n) is 1.33.